The fourth-order valence-corrected chi connectivity index (χ4v) is 10.2. The minimum Gasteiger partial charge on any atom is -0.393 e. The molecule has 3 nitrogen and oxygen atoms in total. The van der Waals surface area contributed by atoms with Crippen LogP contribution in [0.5, 0.6) is 0 Å². The maximum atomic E-state index is 11.9. The van der Waals surface area contributed by atoms with Crippen LogP contribution in [0.25, 0.3) is 5.57 Å². The van der Waals surface area contributed by atoms with Gasteiger partial charge in [0, 0.05) is 0 Å². The van der Waals surface area contributed by atoms with E-state index >= 15 is 0 Å². The van der Waals surface area contributed by atoms with Crippen LogP contribution in [0.3, 0.4) is 0 Å². The Balaban J connectivity index is 1.26. The lowest BCUT2D eigenvalue weighted by molar-refractivity contribution is -0.206. The summed E-state index contributed by atoms with van der Waals surface area (Å²) in [6, 6.07) is 21.4. The third-order valence-corrected chi connectivity index (χ3v) is 12.4. The lowest BCUT2D eigenvalue weighted by Gasteiger charge is -2.63. The first-order valence-corrected chi connectivity index (χ1v) is 15.6. The van der Waals surface area contributed by atoms with Crippen LogP contribution in [0.2, 0.25) is 0 Å². The average Bonchev–Trinajstić information content (AvgIpc) is 3.30. The molecule has 0 bridgehead atoms. The number of aliphatic hydroxyl groups excluding tert-OH is 3. The molecule has 4 fully saturated rings. The molecule has 4 saturated carbocycles. The molecule has 4 aliphatic carbocycles. The van der Waals surface area contributed by atoms with Gasteiger partial charge in [0.25, 0.3) is 0 Å². The number of rotatable bonds is 5. The molecule has 0 spiro atoms. The minimum atomic E-state index is -0.333. The summed E-state index contributed by atoms with van der Waals surface area (Å²) in [5.74, 6) is 2.24. The first-order valence-electron chi connectivity index (χ1n) is 15.6. The van der Waals surface area contributed by atoms with Crippen LogP contribution in [0.15, 0.2) is 66.7 Å². The Kier molecular flexibility index (Phi) is 7.31. The van der Waals surface area contributed by atoms with Gasteiger partial charge >= 0.3 is 0 Å². The molecule has 39 heavy (non-hydrogen) atoms. The molecule has 0 heterocycles. The van der Waals surface area contributed by atoms with E-state index in [1.54, 1.807) is 0 Å². The van der Waals surface area contributed by atoms with Gasteiger partial charge in [0.15, 0.2) is 0 Å². The molecule has 2 aromatic rings. The summed E-state index contributed by atoms with van der Waals surface area (Å²) in [6.45, 7) is 7.16. The minimum absolute atomic E-state index is 0.123. The van der Waals surface area contributed by atoms with Crippen LogP contribution in [0, 0.1) is 46.3 Å². The maximum absolute atomic E-state index is 11.9. The normalized spacial score (nSPS) is 42.1. The van der Waals surface area contributed by atoms with E-state index in [4.69, 9.17) is 0 Å². The van der Waals surface area contributed by atoms with Gasteiger partial charge in [-0.2, -0.15) is 0 Å². The summed E-state index contributed by atoms with van der Waals surface area (Å²) < 4.78 is 0. The number of hydrogen-bond donors (Lipinski definition) is 3. The first-order chi connectivity index (χ1) is 18.7. The van der Waals surface area contributed by atoms with Crippen molar-refractivity contribution in [2.45, 2.75) is 90.4 Å². The number of allylic oxidation sites excluding steroid dienone is 1. The number of fused-ring (bicyclic) bond motifs is 5. The summed E-state index contributed by atoms with van der Waals surface area (Å²) in [5, 5.41) is 33.9. The molecule has 2 aromatic carbocycles. The molecule has 210 valence electrons. The summed E-state index contributed by atoms with van der Waals surface area (Å²) in [5.41, 5.74) is 3.74. The topological polar surface area (TPSA) is 60.7 Å². The van der Waals surface area contributed by atoms with Gasteiger partial charge in [0.05, 0.1) is 18.3 Å². The van der Waals surface area contributed by atoms with Gasteiger partial charge in [-0.25, -0.2) is 0 Å². The standard InChI is InChI=1S/C36H48O3/c1-23(14-15-28(24-10-6-4-7-11-24)25-12-8-5-9-13-25)29-16-17-30-34-31(22-33(39)36(29,30)3)35(2)19-18-27(37)20-26(35)21-32(34)38/h4-13,15,23,26-27,29-34,37-39H,14,16-22H2,1-3H3/t23-,26+,27+,29-,30+,31+,32+,33-,34+,35-,36+/m0/s1. The van der Waals surface area contributed by atoms with Crippen molar-refractivity contribution in [3.63, 3.8) is 0 Å². The van der Waals surface area contributed by atoms with Crippen LogP contribution in [0.1, 0.15) is 83.3 Å². The summed E-state index contributed by atoms with van der Waals surface area (Å²) >= 11 is 0. The highest BCUT2D eigenvalue weighted by atomic mass is 16.3. The van der Waals surface area contributed by atoms with Crippen LogP contribution in [-0.4, -0.2) is 33.6 Å². The zero-order valence-corrected chi connectivity index (χ0v) is 24.0. The van der Waals surface area contributed by atoms with E-state index in [-0.39, 0.29) is 35.1 Å². The zero-order valence-electron chi connectivity index (χ0n) is 24.0. The van der Waals surface area contributed by atoms with Gasteiger partial charge in [0.1, 0.15) is 0 Å². The summed E-state index contributed by atoms with van der Waals surface area (Å²) in [7, 11) is 0. The second-order valence-corrected chi connectivity index (χ2v) is 14.1. The predicted molar refractivity (Wildman–Crippen MR) is 158 cm³/mol. The monoisotopic (exact) mass is 528 g/mol. The summed E-state index contributed by atoms with van der Waals surface area (Å²) in [6.07, 6.45) is 9.09. The SMILES string of the molecule is C[C@@H](CC=C(c1ccccc1)c1ccccc1)[C@@H]1CC[C@@H]2[C@H]3[C@H](O)C[C@H]4C[C@H](O)CC[C@]4(C)[C@@H]3C[C@H](O)[C@@]21C. The average molecular weight is 529 g/mol. The Bertz CT molecular complexity index is 1120. The molecule has 0 aliphatic heterocycles. The Morgan fingerprint density at radius 3 is 2.13 bits per heavy atom. The Morgan fingerprint density at radius 2 is 1.49 bits per heavy atom. The molecule has 0 aromatic heterocycles. The Hall–Kier alpha value is -1.94. The van der Waals surface area contributed by atoms with Crippen molar-refractivity contribution in [2.24, 2.45) is 46.3 Å². The second kappa shape index (κ2) is 10.5. The van der Waals surface area contributed by atoms with Crippen molar-refractivity contribution in [3.8, 4) is 0 Å². The van der Waals surface area contributed by atoms with Gasteiger partial charge in [-0.3, -0.25) is 0 Å². The van der Waals surface area contributed by atoms with E-state index in [9.17, 15) is 15.3 Å². The highest BCUT2D eigenvalue weighted by Gasteiger charge is 2.65. The van der Waals surface area contributed by atoms with E-state index in [0.29, 0.717) is 29.6 Å². The number of aliphatic hydroxyl groups is 3. The molecule has 0 unspecified atom stereocenters. The molecule has 4 aliphatic rings. The molecule has 0 amide bonds. The van der Waals surface area contributed by atoms with Gasteiger partial charge in [-0.1, -0.05) is 87.5 Å². The van der Waals surface area contributed by atoms with Crippen LogP contribution in [0.4, 0.5) is 0 Å². The largest absolute Gasteiger partial charge is 0.393 e. The summed E-state index contributed by atoms with van der Waals surface area (Å²) in [4.78, 5) is 0. The highest BCUT2D eigenvalue weighted by Crippen LogP contribution is 2.68. The van der Waals surface area contributed by atoms with Crippen molar-refractivity contribution in [2.75, 3.05) is 0 Å². The molecule has 0 saturated heterocycles. The van der Waals surface area contributed by atoms with E-state index in [2.05, 4.69) is 87.5 Å². The first kappa shape index (κ1) is 27.2. The lowest BCUT2D eigenvalue weighted by Crippen LogP contribution is -2.62. The van der Waals surface area contributed by atoms with Crippen molar-refractivity contribution < 1.29 is 15.3 Å². The Labute approximate surface area is 235 Å². The smallest absolute Gasteiger partial charge is 0.0602 e. The van der Waals surface area contributed by atoms with E-state index in [1.807, 2.05) is 0 Å². The quantitative estimate of drug-likeness (QED) is 0.388. The molecule has 0 radical (unpaired) electrons. The van der Waals surface area contributed by atoms with E-state index in [0.717, 1.165) is 51.4 Å². The van der Waals surface area contributed by atoms with Crippen LogP contribution < -0.4 is 0 Å². The van der Waals surface area contributed by atoms with E-state index in [1.165, 1.54) is 16.7 Å². The Morgan fingerprint density at radius 1 is 0.846 bits per heavy atom. The third-order valence-electron chi connectivity index (χ3n) is 12.4. The second-order valence-electron chi connectivity index (χ2n) is 14.1. The lowest BCUT2D eigenvalue weighted by atomic mass is 9.43. The number of benzene rings is 2. The van der Waals surface area contributed by atoms with Crippen molar-refractivity contribution in [3.05, 3.63) is 77.9 Å². The van der Waals surface area contributed by atoms with Crippen LogP contribution >= 0.6 is 0 Å². The van der Waals surface area contributed by atoms with E-state index < -0.39 is 0 Å². The van der Waals surface area contributed by atoms with Gasteiger partial charge < -0.3 is 15.3 Å². The molecular formula is C36H48O3. The van der Waals surface area contributed by atoms with Gasteiger partial charge in [0.2, 0.25) is 0 Å². The zero-order chi connectivity index (χ0) is 27.4. The van der Waals surface area contributed by atoms with Crippen molar-refractivity contribution in [1.82, 2.24) is 0 Å². The number of hydrogen-bond acceptors (Lipinski definition) is 3. The fraction of sp³-hybridized carbons (Fsp3) is 0.611. The molecule has 3 heteroatoms. The predicted octanol–water partition coefficient (Wildman–Crippen LogP) is 7.11. The molecule has 11 atom stereocenters. The third kappa shape index (κ3) is 4.53. The molecule has 6 rings (SSSR count). The van der Waals surface area contributed by atoms with Gasteiger partial charge in [-0.05, 0) is 114 Å². The highest BCUT2D eigenvalue weighted by molar-refractivity contribution is 5.79. The van der Waals surface area contributed by atoms with Crippen molar-refractivity contribution in [1.29, 1.82) is 0 Å². The maximum Gasteiger partial charge on any atom is 0.0602 e. The molecular weight excluding hydrogens is 480 g/mol. The van der Waals surface area contributed by atoms with Gasteiger partial charge in [-0.15, -0.1) is 0 Å². The fourth-order valence-electron chi connectivity index (χ4n) is 10.2. The van der Waals surface area contributed by atoms with Crippen molar-refractivity contribution >= 4 is 5.57 Å². The van der Waals surface area contributed by atoms with Crippen LogP contribution in [-0.2, 0) is 0 Å². The molecule has 3 N–H and O–H groups in total.